The van der Waals surface area contributed by atoms with Crippen molar-refractivity contribution in [3.63, 3.8) is 0 Å². The number of ether oxygens (including phenoxy) is 2. The second-order valence-electron chi connectivity index (χ2n) is 9.28. The van der Waals surface area contributed by atoms with E-state index in [4.69, 9.17) is 9.47 Å². The van der Waals surface area contributed by atoms with Crippen molar-refractivity contribution in [2.75, 3.05) is 39.5 Å². The van der Waals surface area contributed by atoms with Crippen LogP contribution in [0.15, 0.2) is 12.4 Å². The van der Waals surface area contributed by atoms with E-state index < -0.39 is 0 Å². The van der Waals surface area contributed by atoms with Crippen molar-refractivity contribution in [2.24, 2.45) is 18.9 Å². The largest absolute Gasteiger partial charge is 0.378 e. The lowest BCUT2D eigenvalue weighted by atomic mass is 9.84. The maximum atomic E-state index is 12.9. The summed E-state index contributed by atoms with van der Waals surface area (Å²) >= 11 is 0. The van der Waals surface area contributed by atoms with Crippen LogP contribution < -0.4 is 5.32 Å². The van der Waals surface area contributed by atoms with Crippen LogP contribution in [0.1, 0.15) is 32.5 Å². The molecule has 0 radical (unpaired) electrons. The number of aryl methyl sites for hydroxylation is 1. The van der Waals surface area contributed by atoms with Gasteiger partial charge >= 0.3 is 0 Å². The van der Waals surface area contributed by atoms with Gasteiger partial charge in [0.15, 0.2) is 0 Å². The van der Waals surface area contributed by atoms with Crippen molar-refractivity contribution in [1.82, 2.24) is 24.7 Å². The number of hydrogen-bond donors (Lipinski definition) is 1. The number of aromatic nitrogens is 2. The molecule has 1 aromatic heterocycles. The molecule has 9 nitrogen and oxygen atoms in total. The van der Waals surface area contributed by atoms with Crippen LogP contribution in [-0.2, 0) is 32.7 Å². The predicted molar refractivity (Wildman–Crippen MR) is 114 cm³/mol. The van der Waals surface area contributed by atoms with Crippen molar-refractivity contribution in [1.29, 1.82) is 0 Å². The second kappa shape index (κ2) is 9.67. The Morgan fingerprint density at radius 1 is 1.26 bits per heavy atom. The Balaban J connectivity index is 1.46. The third-order valence-electron chi connectivity index (χ3n) is 6.74. The van der Waals surface area contributed by atoms with Crippen LogP contribution in [0.2, 0.25) is 0 Å². The van der Waals surface area contributed by atoms with E-state index in [1.807, 2.05) is 42.8 Å². The molecule has 1 aromatic rings. The number of morpholine rings is 1. The highest BCUT2D eigenvalue weighted by atomic mass is 16.5. The third kappa shape index (κ3) is 5.10. The fraction of sp³-hybridized carbons (Fsp3) is 0.773. The number of rotatable bonds is 7. The van der Waals surface area contributed by atoms with Gasteiger partial charge in [0.1, 0.15) is 5.82 Å². The lowest BCUT2D eigenvalue weighted by Crippen LogP contribution is -2.43. The van der Waals surface area contributed by atoms with Gasteiger partial charge < -0.3 is 24.3 Å². The molecule has 0 aliphatic carbocycles. The predicted octanol–water partition coefficient (Wildman–Crippen LogP) is 0.399. The summed E-state index contributed by atoms with van der Waals surface area (Å²) in [7, 11) is 2.00. The second-order valence-corrected chi connectivity index (χ2v) is 9.28. The molecule has 0 bridgehead atoms. The van der Waals surface area contributed by atoms with Crippen molar-refractivity contribution >= 4 is 11.8 Å². The molecule has 4 heterocycles. The Morgan fingerprint density at radius 3 is 2.71 bits per heavy atom. The summed E-state index contributed by atoms with van der Waals surface area (Å²) in [6.45, 7) is 8.57. The van der Waals surface area contributed by atoms with Gasteiger partial charge in [0.25, 0.3) is 0 Å². The molecule has 0 saturated carbocycles. The highest BCUT2D eigenvalue weighted by Gasteiger charge is 2.51. The van der Waals surface area contributed by atoms with E-state index in [9.17, 15) is 9.59 Å². The molecule has 0 aromatic carbocycles. The molecular weight excluding hydrogens is 398 g/mol. The Morgan fingerprint density at radius 2 is 2.03 bits per heavy atom. The first-order chi connectivity index (χ1) is 14.9. The summed E-state index contributed by atoms with van der Waals surface area (Å²) < 4.78 is 13.6. The summed E-state index contributed by atoms with van der Waals surface area (Å²) in [6.07, 6.45) is 4.45. The first kappa shape index (κ1) is 22.2. The zero-order valence-corrected chi connectivity index (χ0v) is 18.8. The Kier molecular flexibility index (Phi) is 6.93. The monoisotopic (exact) mass is 433 g/mol. The molecule has 3 saturated heterocycles. The minimum Gasteiger partial charge on any atom is -0.378 e. The molecule has 4 rings (SSSR count). The van der Waals surface area contributed by atoms with Crippen LogP contribution in [0.25, 0.3) is 0 Å². The minimum atomic E-state index is -0.149. The maximum absolute atomic E-state index is 12.9. The van der Waals surface area contributed by atoms with Gasteiger partial charge in [-0.1, -0.05) is 0 Å². The minimum absolute atomic E-state index is 0.0720. The van der Waals surface area contributed by atoms with Crippen LogP contribution in [0.3, 0.4) is 0 Å². The maximum Gasteiger partial charge on any atom is 0.225 e. The van der Waals surface area contributed by atoms with Crippen LogP contribution in [0.4, 0.5) is 0 Å². The molecule has 0 unspecified atom stereocenters. The van der Waals surface area contributed by atoms with Gasteiger partial charge in [-0.2, -0.15) is 0 Å². The Labute approximate surface area is 184 Å². The first-order valence-electron chi connectivity index (χ1n) is 11.4. The topological polar surface area (TPSA) is 88.9 Å². The number of hydrogen-bond acceptors (Lipinski definition) is 6. The van der Waals surface area contributed by atoms with E-state index >= 15 is 0 Å². The van der Waals surface area contributed by atoms with E-state index in [2.05, 4.69) is 15.2 Å². The summed E-state index contributed by atoms with van der Waals surface area (Å²) in [6, 6.07) is 0.322. The van der Waals surface area contributed by atoms with E-state index in [0.717, 1.165) is 18.9 Å². The summed E-state index contributed by atoms with van der Waals surface area (Å²) in [5, 5.41) is 3.02. The van der Waals surface area contributed by atoms with Crippen molar-refractivity contribution in [2.45, 2.75) is 51.4 Å². The Bertz CT molecular complexity index is 776. The smallest absolute Gasteiger partial charge is 0.225 e. The molecular formula is C22H35N5O4. The number of carbonyl (C=O) groups excluding carboxylic acids is 2. The molecule has 31 heavy (non-hydrogen) atoms. The molecule has 9 heteroatoms. The van der Waals surface area contributed by atoms with Gasteiger partial charge in [-0.05, 0) is 19.8 Å². The Hall–Kier alpha value is -1.97. The lowest BCUT2D eigenvalue weighted by Gasteiger charge is -2.29. The fourth-order valence-electron chi connectivity index (χ4n) is 5.26. The van der Waals surface area contributed by atoms with Crippen LogP contribution in [0, 0.1) is 11.8 Å². The highest BCUT2D eigenvalue weighted by molar-refractivity contribution is 5.77. The average Bonchev–Trinajstić information content (AvgIpc) is 3.41. The number of fused-ring (bicyclic) bond motifs is 1. The van der Waals surface area contributed by atoms with E-state index in [1.165, 1.54) is 0 Å². The van der Waals surface area contributed by atoms with Gasteiger partial charge in [0, 0.05) is 63.5 Å². The average molecular weight is 434 g/mol. The summed E-state index contributed by atoms with van der Waals surface area (Å²) in [4.78, 5) is 34.2. The van der Waals surface area contributed by atoms with E-state index in [1.54, 1.807) is 0 Å². The van der Waals surface area contributed by atoms with Crippen LogP contribution >= 0.6 is 0 Å². The van der Waals surface area contributed by atoms with Gasteiger partial charge in [0.2, 0.25) is 11.8 Å². The third-order valence-corrected chi connectivity index (χ3v) is 6.74. The fourth-order valence-corrected chi connectivity index (χ4v) is 5.26. The van der Waals surface area contributed by atoms with Crippen molar-refractivity contribution in [3.8, 4) is 0 Å². The van der Waals surface area contributed by atoms with Gasteiger partial charge in [-0.3, -0.25) is 14.5 Å². The number of nitrogens with one attached hydrogen (secondary N) is 1. The van der Waals surface area contributed by atoms with Crippen LogP contribution in [0.5, 0.6) is 0 Å². The lowest BCUT2D eigenvalue weighted by molar-refractivity contribution is -0.138. The molecule has 0 spiro atoms. The molecule has 172 valence electrons. The SMILES string of the molecule is CC(C)NC(=O)C[C@@H]1CN(Cc2nccn2C)[C@@H]2CO[C@@H](CC(=O)N3CCOCC3)[C@H]12. The van der Waals surface area contributed by atoms with E-state index in [-0.39, 0.29) is 41.8 Å². The van der Waals surface area contributed by atoms with Gasteiger partial charge in [-0.15, -0.1) is 0 Å². The number of carbonyl (C=O) groups is 2. The van der Waals surface area contributed by atoms with E-state index in [0.29, 0.717) is 45.8 Å². The molecule has 4 atom stereocenters. The molecule has 3 aliphatic heterocycles. The zero-order chi connectivity index (χ0) is 22.0. The molecule has 1 N–H and O–H groups in total. The first-order valence-corrected chi connectivity index (χ1v) is 11.4. The number of amides is 2. The van der Waals surface area contributed by atoms with Gasteiger partial charge in [-0.25, -0.2) is 4.98 Å². The summed E-state index contributed by atoms with van der Waals surface area (Å²) in [5.41, 5.74) is 0. The quantitative estimate of drug-likeness (QED) is 0.670. The zero-order valence-electron chi connectivity index (χ0n) is 18.8. The normalized spacial score (nSPS) is 28.8. The molecule has 3 aliphatic rings. The molecule has 3 fully saturated rings. The number of nitrogens with zero attached hydrogens (tertiary/aromatic N) is 4. The van der Waals surface area contributed by atoms with Crippen molar-refractivity contribution in [3.05, 3.63) is 18.2 Å². The highest BCUT2D eigenvalue weighted by Crippen LogP contribution is 2.42. The number of imidazole rings is 1. The summed E-state index contributed by atoms with van der Waals surface area (Å²) in [5.74, 6) is 1.53. The molecule has 2 amide bonds. The van der Waals surface area contributed by atoms with Crippen molar-refractivity contribution < 1.29 is 19.1 Å². The van der Waals surface area contributed by atoms with Crippen LogP contribution in [-0.4, -0.2) is 88.8 Å². The number of likely N-dealkylation sites (tertiary alicyclic amines) is 1. The van der Waals surface area contributed by atoms with Gasteiger partial charge in [0.05, 0.1) is 38.9 Å². The standard InChI is InChI=1S/C22H35N5O4/c1-15(2)24-20(28)10-16-12-27(13-19-23-4-5-25(19)3)17-14-31-18(22(16)17)11-21(29)26-6-8-30-9-7-26/h4-5,15-18,22H,6-14H2,1-3H3,(H,24,28)/t16-,17-,18+,22-/m1/s1.